The van der Waals surface area contributed by atoms with Gasteiger partial charge in [-0.2, -0.15) is 0 Å². The highest BCUT2D eigenvalue weighted by atomic mass is 127. The highest BCUT2D eigenvalue weighted by molar-refractivity contribution is 14.1. The molecule has 17 heavy (non-hydrogen) atoms. The van der Waals surface area contributed by atoms with E-state index in [0.29, 0.717) is 6.04 Å². The zero-order valence-electron chi connectivity index (χ0n) is 11.0. The standard InChI is InChI=1S/C14H23IN2/c1-4-5-6-9-17(11(2)3)14-8-7-12(15)10-13(14)16/h7-8,10-11H,4-6,9,16H2,1-3H3. The van der Waals surface area contributed by atoms with Crippen molar-refractivity contribution >= 4 is 34.0 Å². The Balaban J connectivity index is 2.82. The lowest BCUT2D eigenvalue weighted by molar-refractivity contribution is 0.626. The van der Waals surface area contributed by atoms with Crippen molar-refractivity contribution in [1.82, 2.24) is 0 Å². The molecule has 2 nitrogen and oxygen atoms in total. The fourth-order valence-corrected chi connectivity index (χ4v) is 2.49. The predicted octanol–water partition coefficient (Wildman–Crippen LogP) is 4.28. The maximum absolute atomic E-state index is 6.12. The van der Waals surface area contributed by atoms with Crippen molar-refractivity contribution in [2.24, 2.45) is 0 Å². The third-order valence-corrected chi connectivity index (χ3v) is 3.60. The largest absolute Gasteiger partial charge is 0.397 e. The third-order valence-electron chi connectivity index (χ3n) is 2.92. The van der Waals surface area contributed by atoms with Crippen LogP contribution >= 0.6 is 22.6 Å². The Morgan fingerprint density at radius 3 is 2.53 bits per heavy atom. The number of nitrogen functional groups attached to an aromatic ring is 1. The maximum Gasteiger partial charge on any atom is 0.0602 e. The number of hydrogen-bond acceptors (Lipinski definition) is 2. The van der Waals surface area contributed by atoms with Crippen LogP contribution in [0.5, 0.6) is 0 Å². The Morgan fingerprint density at radius 1 is 1.29 bits per heavy atom. The average Bonchev–Trinajstić information content (AvgIpc) is 2.25. The van der Waals surface area contributed by atoms with Crippen LogP contribution in [0.2, 0.25) is 0 Å². The molecule has 0 unspecified atom stereocenters. The Hall–Kier alpha value is -0.450. The lowest BCUT2D eigenvalue weighted by Gasteiger charge is -2.30. The molecule has 0 fully saturated rings. The van der Waals surface area contributed by atoms with Crippen molar-refractivity contribution in [1.29, 1.82) is 0 Å². The molecule has 96 valence electrons. The van der Waals surface area contributed by atoms with Crippen LogP contribution in [-0.2, 0) is 0 Å². The summed E-state index contributed by atoms with van der Waals surface area (Å²) in [6.07, 6.45) is 3.78. The fraction of sp³-hybridized carbons (Fsp3) is 0.571. The van der Waals surface area contributed by atoms with Gasteiger partial charge in [0.1, 0.15) is 0 Å². The van der Waals surface area contributed by atoms with Crippen LogP contribution < -0.4 is 10.6 Å². The monoisotopic (exact) mass is 346 g/mol. The molecular weight excluding hydrogens is 323 g/mol. The lowest BCUT2D eigenvalue weighted by Crippen LogP contribution is -2.32. The van der Waals surface area contributed by atoms with Crippen LogP contribution in [0.4, 0.5) is 11.4 Å². The van der Waals surface area contributed by atoms with Crippen LogP contribution in [-0.4, -0.2) is 12.6 Å². The van der Waals surface area contributed by atoms with E-state index in [9.17, 15) is 0 Å². The summed E-state index contributed by atoms with van der Waals surface area (Å²) in [6.45, 7) is 7.78. The van der Waals surface area contributed by atoms with Gasteiger partial charge in [0.2, 0.25) is 0 Å². The van der Waals surface area contributed by atoms with Gasteiger partial charge in [-0.05, 0) is 61.1 Å². The van der Waals surface area contributed by atoms with Crippen LogP contribution in [0.25, 0.3) is 0 Å². The van der Waals surface area contributed by atoms with Gasteiger partial charge >= 0.3 is 0 Å². The third kappa shape index (κ3) is 4.37. The van der Waals surface area contributed by atoms with E-state index in [1.807, 2.05) is 6.07 Å². The Labute approximate surface area is 119 Å². The van der Waals surface area contributed by atoms with E-state index < -0.39 is 0 Å². The number of rotatable bonds is 6. The van der Waals surface area contributed by atoms with E-state index in [1.165, 1.54) is 28.5 Å². The van der Waals surface area contributed by atoms with E-state index in [4.69, 9.17) is 5.73 Å². The van der Waals surface area contributed by atoms with Gasteiger partial charge in [-0.3, -0.25) is 0 Å². The second-order valence-corrected chi connectivity index (χ2v) is 5.94. The molecule has 0 amide bonds. The molecule has 1 aromatic rings. The Kier molecular flexibility index (Phi) is 6.09. The smallest absolute Gasteiger partial charge is 0.0602 e. The van der Waals surface area contributed by atoms with Gasteiger partial charge in [0.15, 0.2) is 0 Å². The fourth-order valence-electron chi connectivity index (χ4n) is 1.98. The minimum atomic E-state index is 0.495. The molecule has 0 aliphatic carbocycles. The second kappa shape index (κ2) is 7.09. The van der Waals surface area contributed by atoms with Gasteiger partial charge in [-0.25, -0.2) is 0 Å². The molecule has 0 heterocycles. The summed E-state index contributed by atoms with van der Waals surface area (Å²) >= 11 is 2.30. The minimum absolute atomic E-state index is 0.495. The number of nitrogens with two attached hydrogens (primary N) is 1. The molecule has 1 aromatic carbocycles. The molecular formula is C14H23IN2. The van der Waals surface area contributed by atoms with E-state index in [1.54, 1.807) is 0 Å². The summed E-state index contributed by atoms with van der Waals surface area (Å²) in [7, 11) is 0. The normalized spacial score (nSPS) is 10.9. The number of halogens is 1. The average molecular weight is 346 g/mol. The molecule has 0 saturated carbocycles. The van der Waals surface area contributed by atoms with Gasteiger partial charge in [0, 0.05) is 16.2 Å². The molecule has 0 radical (unpaired) electrons. The maximum atomic E-state index is 6.12. The van der Waals surface area contributed by atoms with E-state index in [0.717, 1.165) is 12.2 Å². The highest BCUT2D eigenvalue weighted by Gasteiger charge is 2.12. The molecule has 0 saturated heterocycles. The first-order valence-corrected chi connectivity index (χ1v) is 7.45. The molecule has 0 atom stereocenters. The lowest BCUT2D eigenvalue weighted by atomic mass is 10.1. The van der Waals surface area contributed by atoms with E-state index in [-0.39, 0.29) is 0 Å². The van der Waals surface area contributed by atoms with Crippen LogP contribution in [0, 0.1) is 3.57 Å². The molecule has 0 spiro atoms. The quantitative estimate of drug-likeness (QED) is 0.473. The number of benzene rings is 1. The van der Waals surface area contributed by atoms with Crippen molar-refractivity contribution in [3.8, 4) is 0 Å². The van der Waals surface area contributed by atoms with Crippen molar-refractivity contribution in [2.75, 3.05) is 17.2 Å². The topological polar surface area (TPSA) is 29.3 Å². The van der Waals surface area contributed by atoms with Crippen LogP contribution in [0.1, 0.15) is 40.0 Å². The van der Waals surface area contributed by atoms with E-state index in [2.05, 4.69) is 60.4 Å². The first-order chi connectivity index (χ1) is 8.06. The summed E-state index contributed by atoms with van der Waals surface area (Å²) in [5.41, 5.74) is 8.19. The zero-order chi connectivity index (χ0) is 12.8. The van der Waals surface area contributed by atoms with Gasteiger partial charge in [0.05, 0.1) is 11.4 Å². The van der Waals surface area contributed by atoms with Crippen molar-refractivity contribution in [3.63, 3.8) is 0 Å². The minimum Gasteiger partial charge on any atom is -0.397 e. The summed E-state index contributed by atoms with van der Waals surface area (Å²) in [5.74, 6) is 0. The zero-order valence-corrected chi connectivity index (χ0v) is 13.2. The van der Waals surface area contributed by atoms with Gasteiger partial charge < -0.3 is 10.6 Å². The summed E-state index contributed by atoms with van der Waals surface area (Å²) in [4.78, 5) is 2.40. The molecule has 0 aliphatic rings. The first-order valence-electron chi connectivity index (χ1n) is 6.38. The Morgan fingerprint density at radius 2 is 2.00 bits per heavy atom. The summed E-state index contributed by atoms with van der Waals surface area (Å²) < 4.78 is 1.20. The highest BCUT2D eigenvalue weighted by Crippen LogP contribution is 2.27. The van der Waals surface area contributed by atoms with Gasteiger partial charge in [-0.15, -0.1) is 0 Å². The SMILES string of the molecule is CCCCCN(c1ccc(I)cc1N)C(C)C. The molecule has 2 N–H and O–H groups in total. The Bertz CT molecular complexity index is 350. The molecule has 0 bridgehead atoms. The molecule has 3 heteroatoms. The molecule has 0 aromatic heterocycles. The van der Waals surface area contributed by atoms with Crippen LogP contribution in [0.3, 0.4) is 0 Å². The first kappa shape index (κ1) is 14.6. The van der Waals surface area contributed by atoms with Crippen molar-refractivity contribution in [3.05, 3.63) is 21.8 Å². The van der Waals surface area contributed by atoms with Crippen molar-refractivity contribution < 1.29 is 0 Å². The number of nitrogens with zero attached hydrogens (tertiary/aromatic N) is 1. The van der Waals surface area contributed by atoms with Gasteiger partial charge in [0.25, 0.3) is 0 Å². The predicted molar refractivity (Wildman–Crippen MR) is 85.6 cm³/mol. The number of anilines is 2. The van der Waals surface area contributed by atoms with Crippen LogP contribution in [0.15, 0.2) is 18.2 Å². The molecule has 1 rings (SSSR count). The number of hydrogen-bond donors (Lipinski definition) is 1. The van der Waals surface area contributed by atoms with E-state index >= 15 is 0 Å². The molecule has 0 aliphatic heterocycles. The van der Waals surface area contributed by atoms with Crippen molar-refractivity contribution in [2.45, 2.75) is 46.1 Å². The number of unbranched alkanes of at least 4 members (excludes halogenated alkanes) is 2. The summed E-state index contributed by atoms with van der Waals surface area (Å²) in [6, 6.07) is 6.81. The second-order valence-electron chi connectivity index (χ2n) is 4.70. The van der Waals surface area contributed by atoms with Gasteiger partial charge in [-0.1, -0.05) is 19.8 Å². The summed E-state index contributed by atoms with van der Waals surface area (Å²) in [5, 5.41) is 0.